The van der Waals surface area contributed by atoms with Crippen LogP contribution in [0.5, 0.6) is 0 Å². The highest BCUT2D eigenvalue weighted by Gasteiger charge is 2.39. The predicted octanol–water partition coefficient (Wildman–Crippen LogP) is 6.12. The van der Waals surface area contributed by atoms with Crippen LogP contribution in [0.2, 0.25) is 0 Å². The molecular formula is C34H42N6O3. The maximum absolute atomic E-state index is 13.2. The summed E-state index contributed by atoms with van der Waals surface area (Å²) in [6.45, 7) is 17.7. The van der Waals surface area contributed by atoms with Crippen LogP contribution in [0.3, 0.4) is 0 Å². The fourth-order valence-corrected chi connectivity index (χ4v) is 6.48. The molecule has 0 spiro atoms. The highest BCUT2D eigenvalue weighted by molar-refractivity contribution is 5.97. The second kappa shape index (κ2) is 10.5. The van der Waals surface area contributed by atoms with Crippen molar-refractivity contribution in [2.75, 3.05) is 36.0 Å². The van der Waals surface area contributed by atoms with Gasteiger partial charge < -0.3 is 24.4 Å². The van der Waals surface area contributed by atoms with Crippen molar-refractivity contribution in [1.29, 1.82) is 0 Å². The van der Waals surface area contributed by atoms with E-state index in [4.69, 9.17) is 9.72 Å². The smallest absolute Gasteiger partial charge is 0.410 e. The number of H-pyrrole nitrogens is 1. The Hall–Kier alpha value is -4.27. The molecule has 0 radical (unpaired) electrons. The average molecular weight is 583 g/mol. The van der Waals surface area contributed by atoms with Crippen molar-refractivity contribution in [1.82, 2.24) is 19.4 Å². The summed E-state index contributed by atoms with van der Waals surface area (Å²) >= 11 is 0. The Labute approximate surface area is 253 Å². The number of aromatic nitrogens is 3. The number of anilines is 2. The zero-order chi connectivity index (χ0) is 30.7. The van der Waals surface area contributed by atoms with E-state index in [9.17, 15) is 9.59 Å². The van der Waals surface area contributed by atoms with Gasteiger partial charge in [-0.2, -0.15) is 0 Å². The second-order valence-corrected chi connectivity index (χ2v) is 13.6. The molecule has 4 aromatic rings. The highest BCUT2D eigenvalue weighted by Crippen LogP contribution is 2.36. The molecule has 0 saturated carbocycles. The number of carbonyl (C=O) groups is 1. The number of amides is 1. The Morgan fingerprint density at radius 3 is 2.30 bits per heavy atom. The summed E-state index contributed by atoms with van der Waals surface area (Å²) in [6, 6.07) is 16.8. The molecular weight excluding hydrogens is 540 g/mol. The van der Waals surface area contributed by atoms with Crippen molar-refractivity contribution in [2.45, 2.75) is 72.2 Å². The predicted molar refractivity (Wildman–Crippen MR) is 173 cm³/mol. The van der Waals surface area contributed by atoms with E-state index in [0.717, 1.165) is 52.3 Å². The van der Waals surface area contributed by atoms with E-state index in [1.54, 1.807) is 15.5 Å². The van der Waals surface area contributed by atoms with Gasteiger partial charge in [0.25, 0.3) is 5.56 Å². The molecule has 1 N–H and O–H groups in total. The molecule has 6 rings (SSSR count). The fraction of sp³-hybridized carbons (Fsp3) is 0.441. The molecule has 0 atom stereocenters. The van der Waals surface area contributed by atoms with Gasteiger partial charge in [0.15, 0.2) is 0 Å². The standard InChI is InChI=1S/C34H42N6O3/c1-22(2)40-31-36-29(19-30(41)39(31)21-34(40,6)7)27-20-35-28-13-10-24(18-26(27)28)23-8-11-25(12-9-23)37-14-16-38(17-15-37)32(42)43-33(3,4)5/h8-13,18-20,22,35H,14-17,21H2,1-7H3. The average Bonchev–Trinajstić information content (AvgIpc) is 3.49. The molecule has 2 aromatic heterocycles. The van der Waals surface area contributed by atoms with Crippen LogP contribution in [0.1, 0.15) is 48.5 Å². The lowest BCUT2D eigenvalue weighted by molar-refractivity contribution is 0.0240. The van der Waals surface area contributed by atoms with Crippen LogP contribution in [0.15, 0.2) is 59.5 Å². The van der Waals surface area contributed by atoms with Crippen LogP contribution in [0.4, 0.5) is 16.4 Å². The lowest BCUT2D eigenvalue weighted by atomic mass is 10.0. The minimum atomic E-state index is -0.490. The van der Waals surface area contributed by atoms with Gasteiger partial charge in [0.2, 0.25) is 5.95 Å². The number of rotatable bonds is 4. The number of nitrogens with one attached hydrogen (secondary N) is 1. The first-order valence-corrected chi connectivity index (χ1v) is 15.2. The van der Waals surface area contributed by atoms with Crippen molar-refractivity contribution < 1.29 is 9.53 Å². The molecule has 0 bridgehead atoms. The molecule has 2 aliphatic heterocycles. The third-order valence-corrected chi connectivity index (χ3v) is 8.37. The topological polar surface area (TPSA) is 86.7 Å². The van der Waals surface area contributed by atoms with E-state index in [1.165, 1.54) is 0 Å². The monoisotopic (exact) mass is 582 g/mol. The Morgan fingerprint density at radius 2 is 1.65 bits per heavy atom. The van der Waals surface area contributed by atoms with Crippen molar-refractivity contribution >= 4 is 28.6 Å². The molecule has 0 aliphatic carbocycles. The minimum absolute atomic E-state index is 0.0238. The first kappa shape index (κ1) is 28.8. The molecule has 226 valence electrons. The maximum atomic E-state index is 13.2. The van der Waals surface area contributed by atoms with E-state index in [0.29, 0.717) is 25.3 Å². The molecule has 4 heterocycles. The van der Waals surface area contributed by atoms with Crippen LogP contribution in [0, 0.1) is 0 Å². The van der Waals surface area contributed by atoms with E-state index in [1.807, 2.05) is 27.0 Å². The third-order valence-electron chi connectivity index (χ3n) is 8.37. The highest BCUT2D eigenvalue weighted by atomic mass is 16.6. The van der Waals surface area contributed by atoms with Crippen molar-refractivity contribution in [3.05, 3.63) is 65.1 Å². The quantitative estimate of drug-likeness (QED) is 0.312. The molecule has 2 aliphatic rings. The Kier molecular flexibility index (Phi) is 7.02. The molecule has 0 unspecified atom stereocenters. The maximum Gasteiger partial charge on any atom is 0.410 e. The zero-order valence-electron chi connectivity index (χ0n) is 26.3. The number of aromatic amines is 1. The van der Waals surface area contributed by atoms with Crippen LogP contribution in [-0.4, -0.2) is 68.9 Å². The van der Waals surface area contributed by atoms with Crippen molar-refractivity contribution in [2.24, 2.45) is 0 Å². The van der Waals surface area contributed by atoms with Gasteiger partial charge in [-0.3, -0.25) is 9.36 Å². The largest absolute Gasteiger partial charge is 0.444 e. The van der Waals surface area contributed by atoms with E-state index < -0.39 is 5.60 Å². The third kappa shape index (κ3) is 5.48. The Morgan fingerprint density at radius 1 is 0.977 bits per heavy atom. The summed E-state index contributed by atoms with van der Waals surface area (Å²) < 4.78 is 7.33. The van der Waals surface area contributed by atoms with Crippen LogP contribution < -0.4 is 15.4 Å². The van der Waals surface area contributed by atoms with Crippen LogP contribution in [-0.2, 0) is 11.3 Å². The second-order valence-electron chi connectivity index (χ2n) is 13.6. The summed E-state index contributed by atoms with van der Waals surface area (Å²) in [5.74, 6) is 0.732. The lowest BCUT2D eigenvalue weighted by Gasteiger charge is -2.36. The first-order valence-electron chi connectivity index (χ1n) is 15.2. The molecule has 2 aromatic carbocycles. The van der Waals surface area contributed by atoms with E-state index in [2.05, 4.69) is 84.9 Å². The van der Waals surface area contributed by atoms with Gasteiger partial charge in [-0.15, -0.1) is 0 Å². The number of hydrogen-bond acceptors (Lipinski definition) is 6. The number of ether oxygens (including phenoxy) is 1. The SMILES string of the molecule is CC(C)N1c2nc(-c3c[nH]c4ccc(-c5ccc(N6CCN(C(=O)OC(C)(C)C)CC6)cc5)cc34)cc(=O)n2CC1(C)C. The summed E-state index contributed by atoms with van der Waals surface area (Å²) in [4.78, 5) is 40.4. The number of fused-ring (bicyclic) bond motifs is 2. The number of benzene rings is 2. The normalized spacial score (nSPS) is 16.7. The fourth-order valence-electron chi connectivity index (χ4n) is 6.48. The summed E-state index contributed by atoms with van der Waals surface area (Å²) in [6.07, 6.45) is 1.70. The number of piperazine rings is 1. The summed E-state index contributed by atoms with van der Waals surface area (Å²) in [7, 11) is 0. The van der Waals surface area contributed by atoms with Gasteiger partial charge in [0.1, 0.15) is 5.60 Å². The molecule has 9 nitrogen and oxygen atoms in total. The number of hydrogen-bond donors (Lipinski definition) is 1. The number of carbonyl (C=O) groups excluding carboxylic acids is 1. The molecule has 1 fully saturated rings. The van der Waals surface area contributed by atoms with Gasteiger partial charge >= 0.3 is 6.09 Å². The van der Waals surface area contributed by atoms with Crippen LogP contribution >= 0.6 is 0 Å². The molecule has 9 heteroatoms. The Bertz CT molecular complexity index is 1720. The summed E-state index contributed by atoms with van der Waals surface area (Å²) in [5.41, 5.74) is 5.25. The van der Waals surface area contributed by atoms with Gasteiger partial charge in [-0.05, 0) is 83.9 Å². The van der Waals surface area contributed by atoms with E-state index in [-0.39, 0.29) is 23.2 Å². The molecule has 1 amide bonds. The van der Waals surface area contributed by atoms with Gasteiger partial charge in [0.05, 0.1) is 17.8 Å². The summed E-state index contributed by atoms with van der Waals surface area (Å²) in [5, 5.41) is 1.03. The van der Waals surface area contributed by atoms with Crippen molar-refractivity contribution in [3.63, 3.8) is 0 Å². The Balaban J connectivity index is 1.23. The van der Waals surface area contributed by atoms with Gasteiger partial charge in [-0.1, -0.05) is 18.2 Å². The number of nitrogens with zero attached hydrogens (tertiary/aromatic N) is 5. The van der Waals surface area contributed by atoms with E-state index >= 15 is 0 Å². The molecule has 1 saturated heterocycles. The lowest BCUT2D eigenvalue weighted by Crippen LogP contribution is -2.50. The molecule has 43 heavy (non-hydrogen) atoms. The first-order chi connectivity index (χ1) is 20.3. The van der Waals surface area contributed by atoms with Gasteiger partial charge in [0, 0.05) is 66.6 Å². The minimum Gasteiger partial charge on any atom is -0.444 e. The van der Waals surface area contributed by atoms with Crippen molar-refractivity contribution in [3.8, 4) is 22.4 Å². The zero-order valence-corrected chi connectivity index (χ0v) is 26.3. The van der Waals surface area contributed by atoms with Crippen LogP contribution in [0.25, 0.3) is 33.3 Å². The van der Waals surface area contributed by atoms with Gasteiger partial charge in [-0.25, -0.2) is 9.78 Å².